The van der Waals surface area contributed by atoms with E-state index in [0.29, 0.717) is 11.5 Å². The fourth-order valence-corrected chi connectivity index (χ4v) is 4.75. The molecule has 1 aliphatic heterocycles. The van der Waals surface area contributed by atoms with Crippen LogP contribution in [0.5, 0.6) is 5.88 Å². The zero-order chi connectivity index (χ0) is 19.1. The zero-order valence-corrected chi connectivity index (χ0v) is 16.2. The highest BCUT2D eigenvalue weighted by Crippen LogP contribution is 2.49. The molecule has 3 aromatic rings. The summed E-state index contributed by atoms with van der Waals surface area (Å²) in [4.78, 5) is 2.43. The second kappa shape index (κ2) is 6.60. The van der Waals surface area contributed by atoms with Crippen LogP contribution in [0.2, 0.25) is 0 Å². The predicted molar refractivity (Wildman–Crippen MR) is 106 cm³/mol. The Morgan fingerprint density at radius 3 is 2.67 bits per heavy atom. The first-order chi connectivity index (χ1) is 13.0. The monoisotopic (exact) mass is 376 g/mol. The minimum absolute atomic E-state index is 0.0402. The number of fused-ring (bicyclic) bond motifs is 1. The molecule has 0 amide bonds. The number of benzene rings is 1. The van der Waals surface area contributed by atoms with Gasteiger partial charge in [0, 0.05) is 21.2 Å². The van der Waals surface area contributed by atoms with E-state index in [-0.39, 0.29) is 17.7 Å². The average molecular weight is 376 g/mol. The highest BCUT2D eigenvalue weighted by Gasteiger charge is 2.38. The minimum Gasteiger partial charge on any atom is -0.420 e. The maximum Gasteiger partial charge on any atom is 0.244 e. The van der Waals surface area contributed by atoms with Gasteiger partial charge in [0.05, 0.1) is 16.8 Å². The molecule has 0 bridgehead atoms. The predicted octanol–water partition coefficient (Wildman–Crippen LogP) is 4.73. The molecule has 0 spiro atoms. The van der Waals surface area contributed by atoms with Crippen molar-refractivity contribution in [3.63, 3.8) is 0 Å². The standard InChI is InChI=1S/C21H20N4OS/c1-11-9-15(13(3)27-11)19-18-17(12(2)14-7-5-4-6-8-14)16(10-22)20(23)26-21(18)25-24-19/h4-9,12,17H,23H2,1-3H3,(H,24,25)/t12-,17-/m1/s1. The number of ether oxygens (including phenoxy) is 1. The largest absolute Gasteiger partial charge is 0.420 e. The van der Waals surface area contributed by atoms with Gasteiger partial charge in [-0.15, -0.1) is 16.4 Å². The number of nitriles is 1. The van der Waals surface area contributed by atoms with E-state index in [0.717, 1.165) is 22.4 Å². The van der Waals surface area contributed by atoms with E-state index in [1.165, 1.54) is 9.75 Å². The van der Waals surface area contributed by atoms with Gasteiger partial charge in [-0.1, -0.05) is 37.3 Å². The van der Waals surface area contributed by atoms with Crippen molar-refractivity contribution in [2.75, 3.05) is 0 Å². The summed E-state index contributed by atoms with van der Waals surface area (Å²) in [5, 5.41) is 17.3. The number of H-pyrrole nitrogens is 1. The van der Waals surface area contributed by atoms with Crippen LogP contribution in [0, 0.1) is 25.2 Å². The van der Waals surface area contributed by atoms with Crippen LogP contribution in [-0.4, -0.2) is 10.2 Å². The molecule has 2 aromatic heterocycles. The lowest BCUT2D eigenvalue weighted by Crippen LogP contribution is -2.23. The molecule has 0 saturated carbocycles. The van der Waals surface area contributed by atoms with Crippen LogP contribution in [0.3, 0.4) is 0 Å². The lowest BCUT2D eigenvalue weighted by Gasteiger charge is -2.28. The second-order valence-electron chi connectivity index (χ2n) is 6.81. The number of aromatic amines is 1. The highest BCUT2D eigenvalue weighted by atomic mass is 32.1. The Morgan fingerprint density at radius 2 is 2.04 bits per heavy atom. The summed E-state index contributed by atoms with van der Waals surface area (Å²) >= 11 is 1.74. The topological polar surface area (TPSA) is 87.7 Å². The molecule has 0 unspecified atom stereocenters. The Hall–Kier alpha value is -3.04. The quantitative estimate of drug-likeness (QED) is 0.692. The first-order valence-corrected chi connectivity index (χ1v) is 9.61. The van der Waals surface area contributed by atoms with Gasteiger partial charge in [0.1, 0.15) is 6.07 Å². The molecule has 136 valence electrons. The van der Waals surface area contributed by atoms with Crippen molar-refractivity contribution in [3.05, 3.63) is 68.7 Å². The van der Waals surface area contributed by atoms with Crippen molar-refractivity contribution in [2.45, 2.75) is 32.6 Å². The smallest absolute Gasteiger partial charge is 0.244 e. The van der Waals surface area contributed by atoms with Crippen LogP contribution in [0.15, 0.2) is 47.9 Å². The molecule has 6 heteroatoms. The third-order valence-electron chi connectivity index (χ3n) is 5.12. The van der Waals surface area contributed by atoms with Crippen molar-refractivity contribution in [1.82, 2.24) is 10.2 Å². The Kier molecular flexibility index (Phi) is 4.25. The number of aryl methyl sites for hydroxylation is 2. The first kappa shape index (κ1) is 17.4. The molecule has 27 heavy (non-hydrogen) atoms. The lowest BCUT2D eigenvalue weighted by atomic mass is 9.76. The molecular formula is C21H20N4OS. The number of aromatic nitrogens is 2. The van der Waals surface area contributed by atoms with Gasteiger partial charge >= 0.3 is 0 Å². The molecule has 3 N–H and O–H groups in total. The van der Waals surface area contributed by atoms with Gasteiger partial charge in [-0.05, 0) is 31.4 Å². The van der Waals surface area contributed by atoms with Gasteiger partial charge < -0.3 is 10.5 Å². The molecular weight excluding hydrogens is 356 g/mol. The van der Waals surface area contributed by atoms with E-state index < -0.39 is 0 Å². The molecule has 1 aromatic carbocycles. The number of nitrogens with one attached hydrogen (secondary N) is 1. The number of hydrogen-bond acceptors (Lipinski definition) is 5. The second-order valence-corrected chi connectivity index (χ2v) is 8.27. The SMILES string of the molecule is Cc1cc(-c2[nH]nc3c2[C@H]([C@H](C)c2ccccc2)C(C#N)=C(N)O3)c(C)s1. The van der Waals surface area contributed by atoms with Gasteiger partial charge in [-0.25, -0.2) is 0 Å². The van der Waals surface area contributed by atoms with E-state index in [4.69, 9.17) is 10.5 Å². The summed E-state index contributed by atoms with van der Waals surface area (Å²) in [6.45, 7) is 6.29. The molecule has 0 radical (unpaired) electrons. The van der Waals surface area contributed by atoms with Crippen LogP contribution >= 0.6 is 11.3 Å². The van der Waals surface area contributed by atoms with Gasteiger partial charge in [0.15, 0.2) is 0 Å². The maximum atomic E-state index is 9.81. The molecule has 0 fully saturated rings. The number of nitrogens with zero attached hydrogens (tertiary/aromatic N) is 2. The number of hydrogen-bond donors (Lipinski definition) is 2. The fourth-order valence-electron chi connectivity index (χ4n) is 3.82. The molecule has 0 aliphatic carbocycles. The summed E-state index contributed by atoms with van der Waals surface area (Å²) in [5.41, 5.74) is 10.6. The first-order valence-electron chi connectivity index (χ1n) is 8.79. The van der Waals surface area contributed by atoms with E-state index in [2.05, 4.69) is 55.2 Å². The van der Waals surface area contributed by atoms with Crippen LogP contribution < -0.4 is 10.5 Å². The summed E-state index contributed by atoms with van der Waals surface area (Å²) in [6, 6.07) is 14.6. The summed E-state index contributed by atoms with van der Waals surface area (Å²) in [6.07, 6.45) is 0. The van der Waals surface area contributed by atoms with Crippen molar-refractivity contribution in [2.24, 2.45) is 5.73 Å². The highest BCUT2D eigenvalue weighted by molar-refractivity contribution is 7.12. The Morgan fingerprint density at radius 1 is 1.30 bits per heavy atom. The lowest BCUT2D eigenvalue weighted by molar-refractivity contribution is 0.368. The summed E-state index contributed by atoms with van der Waals surface area (Å²) < 4.78 is 5.70. The van der Waals surface area contributed by atoms with Gasteiger partial charge in [-0.2, -0.15) is 5.26 Å². The van der Waals surface area contributed by atoms with Crippen molar-refractivity contribution in [3.8, 4) is 23.2 Å². The molecule has 2 atom stereocenters. The van der Waals surface area contributed by atoms with Crippen molar-refractivity contribution < 1.29 is 4.74 Å². The zero-order valence-electron chi connectivity index (χ0n) is 15.4. The third kappa shape index (κ3) is 2.81. The van der Waals surface area contributed by atoms with Gasteiger partial charge in [-0.3, -0.25) is 5.10 Å². The van der Waals surface area contributed by atoms with E-state index in [1.807, 2.05) is 18.2 Å². The maximum absolute atomic E-state index is 9.81. The molecule has 5 nitrogen and oxygen atoms in total. The third-order valence-corrected chi connectivity index (χ3v) is 6.09. The number of nitrogens with two attached hydrogens (primary N) is 1. The van der Waals surface area contributed by atoms with Crippen LogP contribution in [0.4, 0.5) is 0 Å². The summed E-state index contributed by atoms with van der Waals surface area (Å²) in [5.74, 6) is 0.402. The Labute approximate surface area is 162 Å². The van der Waals surface area contributed by atoms with Gasteiger partial charge in [0.25, 0.3) is 0 Å². The number of allylic oxidation sites excluding steroid dienone is 1. The normalized spacial score (nSPS) is 17.2. The van der Waals surface area contributed by atoms with Crippen LogP contribution in [0.25, 0.3) is 11.3 Å². The fraction of sp³-hybridized carbons (Fsp3) is 0.238. The Bertz CT molecular complexity index is 1070. The average Bonchev–Trinajstić information content (AvgIpc) is 3.22. The Balaban J connectivity index is 1.92. The molecule has 0 saturated heterocycles. The molecule has 4 rings (SSSR count). The van der Waals surface area contributed by atoms with Crippen LogP contribution in [-0.2, 0) is 0 Å². The van der Waals surface area contributed by atoms with Crippen molar-refractivity contribution in [1.29, 1.82) is 5.26 Å². The van der Waals surface area contributed by atoms with Crippen LogP contribution in [0.1, 0.15) is 39.6 Å². The van der Waals surface area contributed by atoms with E-state index in [1.54, 1.807) is 11.3 Å². The number of thiophene rings is 1. The van der Waals surface area contributed by atoms with Crippen molar-refractivity contribution >= 4 is 11.3 Å². The number of rotatable bonds is 3. The van der Waals surface area contributed by atoms with E-state index >= 15 is 0 Å². The summed E-state index contributed by atoms with van der Waals surface area (Å²) in [7, 11) is 0. The molecule has 1 aliphatic rings. The van der Waals surface area contributed by atoms with Gasteiger partial charge in [0.2, 0.25) is 11.8 Å². The van der Waals surface area contributed by atoms with E-state index in [9.17, 15) is 5.26 Å². The molecule has 3 heterocycles. The minimum atomic E-state index is -0.227.